The van der Waals surface area contributed by atoms with Crippen molar-refractivity contribution in [1.82, 2.24) is 10.2 Å². The molecule has 2 rings (SSSR count). The van der Waals surface area contributed by atoms with Crippen LogP contribution in [0.15, 0.2) is 6.07 Å². The molecule has 2 amide bonds. The van der Waals surface area contributed by atoms with Crippen LogP contribution in [-0.4, -0.2) is 50.8 Å². The molecule has 126 valence electrons. The summed E-state index contributed by atoms with van der Waals surface area (Å²) in [5.74, 6) is 1.38. The maximum Gasteiger partial charge on any atom is 0.317 e. The first kappa shape index (κ1) is 16.9. The van der Waals surface area contributed by atoms with Gasteiger partial charge in [-0.1, -0.05) is 0 Å². The van der Waals surface area contributed by atoms with Gasteiger partial charge in [0.2, 0.25) is 12.5 Å². The van der Waals surface area contributed by atoms with E-state index in [-0.39, 0.29) is 18.9 Å². The third-order valence-electron chi connectivity index (χ3n) is 3.54. The minimum absolute atomic E-state index is 0.0705. The van der Waals surface area contributed by atoms with E-state index in [0.29, 0.717) is 35.8 Å². The van der Waals surface area contributed by atoms with E-state index in [9.17, 15) is 9.59 Å². The molecule has 0 aromatic heterocycles. The number of rotatable bonds is 6. The number of benzene rings is 1. The maximum atomic E-state index is 11.9. The minimum atomic E-state index is -0.152. The maximum absolute atomic E-state index is 11.9. The first-order valence-electron chi connectivity index (χ1n) is 7.44. The monoisotopic (exact) mass is 322 g/mol. The summed E-state index contributed by atoms with van der Waals surface area (Å²) < 4.78 is 16.0. The van der Waals surface area contributed by atoms with Gasteiger partial charge >= 0.3 is 6.03 Å². The summed E-state index contributed by atoms with van der Waals surface area (Å²) in [7, 11) is 3.19. The molecule has 1 aliphatic heterocycles. The van der Waals surface area contributed by atoms with Gasteiger partial charge in [0.1, 0.15) is 0 Å². The van der Waals surface area contributed by atoms with Gasteiger partial charge in [0.15, 0.2) is 17.8 Å². The van der Waals surface area contributed by atoms with Crippen LogP contribution >= 0.6 is 0 Å². The molecule has 0 aliphatic carbocycles. The van der Waals surface area contributed by atoms with Crippen LogP contribution in [0.4, 0.5) is 4.79 Å². The highest BCUT2D eigenvalue weighted by Gasteiger charge is 2.25. The number of ether oxygens (including phenoxy) is 3. The molecule has 0 fully saturated rings. The zero-order chi connectivity index (χ0) is 17.0. The van der Waals surface area contributed by atoms with Crippen molar-refractivity contribution in [3.63, 3.8) is 0 Å². The third kappa shape index (κ3) is 3.67. The Kier molecular flexibility index (Phi) is 5.31. The van der Waals surface area contributed by atoms with Crippen molar-refractivity contribution < 1.29 is 23.8 Å². The molecular weight excluding hydrogens is 300 g/mol. The van der Waals surface area contributed by atoms with Crippen LogP contribution in [0.2, 0.25) is 0 Å². The second-order valence-electron chi connectivity index (χ2n) is 5.61. The molecule has 1 heterocycles. The third-order valence-corrected chi connectivity index (χ3v) is 3.54. The highest BCUT2D eigenvalue weighted by atomic mass is 16.7. The predicted octanol–water partition coefficient (Wildman–Crippen LogP) is 1.83. The number of carbonyl (C=O) groups excluding carboxylic acids is 2. The molecule has 1 aliphatic rings. The van der Waals surface area contributed by atoms with Crippen molar-refractivity contribution >= 4 is 12.3 Å². The number of hydrogen-bond acceptors (Lipinski definition) is 5. The summed E-state index contributed by atoms with van der Waals surface area (Å²) >= 11 is 0. The summed E-state index contributed by atoms with van der Waals surface area (Å²) in [5, 5.41) is 2.82. The zero-order valence-corrected chi connectivity index (χ0v) is 13.8. The highest BCUT2D eigenvalue weighted by molar-refractivity contribution is 5.85. The Balaban J connectivity index is 2.17. The fraction of sp³-hybridized carbons (Fsp3) is 0.500. The number of nitrogens with zero attached hydrogens (tertiary/aromatic N) is 1. The summed E-state index contributed by atoms with van der Waals surface area (Å²) in [4.78, 5) is 25.0. The molecule has 0 radical (unpaired) electrons. The number of methoxy groups -OCH3 is 1. The van der Waals surface area contributed by atoms with E-state index in [0.717, 1.165) is 11.8 Å². The van der Waals surface area contributed by atoms with Crippen LogP contribution in [0.1, 0.15) is 29.8 Å². The Morgan fingerprint density at radius 3 is 2.83 bits per heavy atom. The van der Waals surface area contributed by atoms with E-state index in [1.165, 1.54) is 7.11 Å². The minimum Gasteiger partial charge on any atom is -0.492 e. The molecule has 7 nitrogen and oxygen atoms in total. The van der Waals surface area contributed by atoms with E-state index in [1.807, 2.05) is 13.8 Å². The van der Waals surface area contributed by atoms with Crippen molar-refractivity contribution in [2.24, 2.45) is 0 Å². The van der Waals surface area contributed by atoms with Gasteiger partial charge in [-0.25, -0.2) is 4.79 Å². The van der Waals surface area contributed by atoms with Crippen LogP contribution < -0.4 is 19.5 Å². The second-order valence-corrected chi connectivity index (χ2v) is 5.61. The van der Waals surface area contributed by atoms with Crippen LogP contribution in [0.3, 0.4) is 0 Å². The predicted molar refractivity (Wildman–Crippen MR) is 84.5 cm³/mol. The van der Waals surface area contributed by atoms with E-state index in [4.69, 9.17) is 14.2 Å². The number of aldehydes is 1. The van der Waals surface area contributed by atoms with Gasteiger partial charge in [0.05, 0.1) is 12.7 Å². The molecule has 23 heavy (non-hydrogen) atoms. The van der Waals surface area contributed by atoms with E-state index in [1.54, 1.807) is 18.0 Å². The number of carbonyl (C=O) groups is 2. The fourth-order valence-electron chi connectivity index (χ4n) is 2.36. The van der Waals surface area contributed by atoms with Gasteiger partial charge in [0.25, 0.3) is 0 Å². The Hall–Kier alpha value is -2.44. The molecular formula is C16H22N2O5. The molecule has 1 N–H and O–H groups in total. The largest absolute Gasteiger partial charge is 0.492 e. The van der Waals surface area contributed by atoms with E-state index < -0.39 is 0 Å². The number of likely N-dealkylation sites (N-methyl/N-ethyl adjacent to an activating group) is 1. The lowest BCUT2D eigenvalue weighted by Gasteiger charge is -2.20. The van der Waals surface area contributed by atoms with Crippen molar-refractivity contribution in [1.29, 1.82) is 0 Å². The normalized spacial score (nSPS) is 12.2. The molecule has 1 aromatic carbocycles. The van der Waals surface area contributed by atoms with Gasteiger partial charge < -0.3 is 24.4 Å². The standard InChI is InChI=1S/C16H22N2O5/c1-10(2)17-16(20)18(3)6-5-11-7-13-15(23-9-22-13)14(21-4)12(11)8-19/h7-8,10H,5-6,9H2,1-4H3,(H,17,20). The number of urea groups is 1. The lowest BCUT2D eigenvalue weighted by molar-refractivity contribution is 0.111. The van der Waals surface area contributed by atoms with Crippen molar-refractivity contribution in [3.8, 4) is 17.2 Å². The van der Waals surface area contributed by atoms with Crippen LogP contribution in [-0.2, 0) is 6.42 Å². The van der Waals surface area contributed by atoms with Gasteiger partial charge in [-0.2, -0.15) is 0 Å². The molecule has 0 bridgehead atoms. The quantitative estimate of drug-likeness (QED) is 0.809. The lowest BCUT2D eigenvalue weighted by Crippen LogP contribution is -2.41. The number of amides is 2. The van der Waals surface area contributed by atoms with Gasteiger partial charge in [-0.3, -0.25) is 4.79 Å². The molecule has 0 spiro atoms. The zero-order valence-electron chi connectivity index (χ0n) is 13.8. The number of fused-ring (bicyclic) bond motifs is 1. The van der Waals surface area contributed by atoms with Gasteiger partial charge in [0, 0.05) is 19.6 Å². The van der Waals surface area contributed by atoms with Crippen molar-refractivity contribution in [2.45, 2.75) is 26.3 Å². The molecule has 7 heteroatoms. The summed E-state index contributed by atoms with van der Waals surface area (Å²) in [6.07, 6.45) is 1.24. The smallest absolute Gasteiger partial charge is 0.317 e. The first-order chi connectivity index (χ1) is 11.0. The first-order valence-corrected chi connectivity index (χ1v) is 7.44. The van der Waals surface area contributed by atoms with E-state index in [2.05, 4.69) is 5.32 Å². The molecule has 0 atom stereocenters. The topological polar surface area (TPSA) is 77.1 Å². The summed E-state index contributed by atoms with van der Waals surface area (Å²) in [6, 6.07) is 1.68. The molecule has 0 unspecified atom stereocenters. The Labute approximate surface area is 135 Å². The second kappa shape index (κ2) is 7.21. The Morgan fingerprint density at radius 1 is 1.48 bits per heavy atom. The van der Waals surface area contributed by atoms with Crippen LogP contribution in [0.5, 0.6) is 17.2 Å². The molecule has 0 saturated carbocycles. The summed E-state index contributed by atoms with van der Waals surface area (Å²) in [6.45, 7) is 4.37. The lowest BCUT2D eigenvalue weighted by atomic mass is 10.0. The highest BCUT2D eigenvalue weighted by Crippen LogP contribution is 2.44. The summed E-state index contributed by atoms with van der Waals surface area (Å²) in [5.41, 5.74) is 1.18. The van der Waals surface area contributed by atoms with Gasteiger partial charge in [-0.15, -0.1) is 0 Å². The molecule has 1 aromatic rings. The number of hydrogen-bond donors (Lipinski definition) is 1. The van der Waals surface area contributed by atoms with Crippen molar-refractivity contribution in [3.05, 3.63) is 17.2 Å². The van der Waals surface area contributed by atoms with Crippen LogP contribution in [0, 0.1) is 0 Å². The average Bonchev–Trinajstić information content (AvgIpc) is 2.98. The molecule has 0 saturated heterocycles. The SMILES string of the molecule is COc1c(C=O)c(CCN(C)C(=O)NC(C)C)cc2c1OCO2. The Morgan fingerprint density at radius 2 is 2.22 bits per heavy atom. The van der Waals surface area contributed by atoms with E-state index >= 15 is 0 Å². The average molecular weight is 322 g/mol. The number of nitrogens with one attached hydrogen (secondary N) is 1. The Bertz CT molecular complexity index is 601. The fourth-order valence-corrected chi connectivity index (χ4v) is 2.36. The van der Waals surface area contributed by atoms with Gasteiger partial charge in [-0.05, 0) is 31.9 Å². The van der Waals surface area contributed by atoms with Crippen LogP contribution in [0.25, 0.3) is 0 Å². The van der Waals surface area contributed by atoms with Crippen molar-refractivity contribution in [2.75, 3.05) is 27.5 Å².